The molecular weight excluding hydrogens is 247 g/mol. The van der Waals surface area contributed by atoms with Gasteiger partial charge in [0.2, 0.25) is 0 Å². The Balaban J connectivity index is 2.92. The Hall–Kier alpha value is -0.640. The number of rotatable bonds is 5. The van der Waals surface area contributed by atoms with Gasteiger partial charge in [0.1, 0.15) is 5.75 Å². The molecule has 0 aliphatic rings. The van der Waals surface area contributed by atoms with Crippen molar-refractivity contribution in [2.24, 2.45) is 5.73 Å². The maximum atomic E-state index is 6.14. The summed E-state index contributed by atoms with van der Waals surface area (Å²) in [6.45, 7) is 1.50. The van der Waals surface area contributed by atoms with Crippen LogP contribution in [0.2, 0.25) is 10.0 Å². The summed E-state index contributed by atoms with van der Waals surface area (Å²) >= 11 is 12.2. The van der Waals surface area contributed by atoms with Gasteiger partial charge in [-0.15, -0.1) is 0 Å². The van der Waals surface area contributed by atoms with E-state index in [0.29, 0.717) is 22.3 Å². The van der Waals surface area contributed by atoms with E-state index in [2.05, 4.69) is 0 Å². The predicted molar refractivity (Wildman–Crippen MR) is 70.0 cm³/mol. The number of hydrogen-bond donors (Lipinski definition) is 1. The summed E-state index contributed by atoms with van der Waals surface area (Å²) in [6, 6.07) is 3.53. The number of benzene rings is 1. The number of hydrogen-bond acceptors (Lipinski definition) is 3. The highest BCUT2D eigenvalue weighted by atomic mass is 35.5. The smallest absolute Gasteiger partial charge is 0.139 e. The predicted octanol–water partition coefficient (Wildman–Crippen LogP) is 2.79. The molecule has 1 aromatic carbocycles. The molecule has 0 aliphatic carbocycles. The highest BCUT2D eigenvalue weighted by Gasteiger charge is 2.10. The second-order valence-corrected chi connectivity index (χ2v) is 4.32. The Morgan fingerprint density at radius 1 is 1.31 bits per heavy atom. The first kappa shape index (κ1) is 13.4. The van der Waals surface area contributed by atoms with Crippen molar-refractivity contribution in [1.29, 1.82) is 0 Å². The lowest BCUT2D eigenvalue weighted by Crippen LogP contribution is -2.21. The lowest BCUT2D eigenvalue weighted by molar-refractivity contribution is 0.415. The third-order valence-electron chi connectivity index (χ3n) is 2.33. The SMILES string of the molecule is COc1cc(Cl)c(N(C)CCCN)cc1Cl. The third-order valence-corrected chi connectivity index (χ3v) is 2.93. The van der Waals surface area contributed by atoms with Gasteiger partial charge in [-0.25, -0.2) is 0 Å². The molecule has 0 radical (unpaired) electrons. The maximum absolute atomic E-state index is 6.14. The first-order valence-corrected chi connectivity index (χ1v) is 5.80. The highest BCUT2D eigenvalue weighted by molar-refractivity contribution is 6.36. The summed E-state index contributed by atoms with van der Waals surface area (Å²) < 4.78 is 5.09. The number of ether oxygens (including phenoxy) is 1. The first-order chi connectivity index (χ1) is 7.60. The third kappa shape index (κ3) is 3.17. The summed E-state index contributed by atoms with van der Waals surface area (Å²) in [4.78, 5) is 2.03. The number of halogens is 2. The minimum Gasteiger partial charge on any atom is -0.495 e. The van der Waals surface area contributed by atoms with Crippen LogP contribution >= 0.6 is 23.2 Å². The van der Waals surface area contributed by atoms with Gasteiger partial charge in [0, 0.05) is 19.7 Å². The van der Waals surface area contributed by atoms with Crippen molar-refractivity contribution in [2.45, 2.75) is 6.42 Å². The molecule has 0 fully saturated rings. The van der Waals surface area contributed by atoms with E-state index in [4.69, 9.17) is 33.7 Å². The van der Waals surface area contributed by atoms with Gasteiger partial charge in [-0.2, -0.15) is 0 Å². The molecule has 0 saturated carbocycles. The molecule has 0 bridgehead atoms. The van der Waals surface area contributed by atoms with Crippen LogP contribution in [0.1, 0.15) is 6.42 Å². The molecule has 3 nitrogen and oxygen atoms in total. The van der Waals surface area contributed by atoms with Crippen LogP contribution in [-0.2, 0) is 0 Å². The normalized spacial score (nSPS) is 10.3. The Kier molecular flexibility index (Phi) is 5.19. The fraction of sp³-hybridized carbons (Fsp3) is 0.455. The monoisotopic (exact) mass is 262 g/mol. The molecular formula is C11H16Cl2N2O. The van der Waals surface area contributed by atoms with Gasteiger partial charge >= 0.3 is 0 Å². The van der Waals surface area contributed by atoms with Crippen LogP contribution < -0.4 is 15.4 Å². The Labute approximate surface area is 106 Å². The van der Waals surface area contributed by atoms with E-state index in [1.54, 1.807) is 19.2 Å². The van der Waals surface area contributed by atoms with Gasteiger partial charge in [-0.3, -0.25) is 0 Å². The van der Waals surface area contributed by atoms with E-state index in [0.717, 1.165) is 18.7 Å². The molecule has 1 aromatic rings. The van der Waals surface area contributed by atoms with Crippen LogP contribution in [0, 0.1) is 0 Å². The van der Waals surface area contributed by atoms with E-state index in [-0.39, 0.29) is 0 Å². The maximum Gasteiger partial charge on any atom is 0.139 e. The van der Waals surface area contributed by atoms with Crippen molar-refractivity contribution in [3.8, 4) is 5.75 Å². The van der Waals surface area contributed by atoms with E-state index >= 15 is 0 Å². The van der Waals surface area contributed by atoms with Gasteiger partial charge in [0.25, 0.3) is 0 Å². The van der Waals surface area contributed by atoms with Crippen LogP contribution in [0.5, 0.6) is 5.75 Å². The number of nitrogens with two attached hydrogens (primary N) is 1. The molecule has 0 unspecified atom stereocenters. The second kappa shape index (κ2) is 6.18. The summed E-state index contributed by atoms with van der Waals surface area (Å²) in [5.74, 6) is 0.586. The molecule has 2 N–H and O–H groups in total. The van der Waals surface area contributed by atoms with Crippen molar-refractivity contribution >= 4 is 28.9 Å². The lowest BCUT2D eigenvalue weighted by Gasteiger charge is -2.21. The molecule has 0 aromatic heterocycles. The molecule has 16 heavy (non-hydrogen) atoms. The zero-order valence-electron chi connectivity index (χ0n) is 9.46. The van der Waals surface area contributed by atoms with Crippen LogP contribution in [0.4, 0.5) is 5.69 Å². The van der Waals surface area contributed by atoms with Crippen molar-refractivity contribution < 1.29 is 4.74 Å². The van der Waals surface area contributed by atoms with Crippen molar-refractivity contribution in [3.63, 3.8) is 0 Å². The fourth-order valence-corrected chi connectivity index (χ4v) is 1.95. The average Bonchev–Trinajstić information content (AvgIpc) is 2.28. The lowest BCUT2D eigenvalue weighted by atomic mass is 10.2. The van der Waals surface area contributed by atoms with Gasteiger partial charge in [-0.05, 0) is 19.0 Å². The number of anilines is 1. The zero-order chi connectivity index (χ0) is 12.1. The largest absolute Gasteiger partial charge is 0.495 e. The molecule has 90 valence electrons. The molecule has 0 spiro atoms. The van der Waals surface area contributed by atoms with Crippen molar-refractivity contribution in [1.82, 2.24) is 0 Å². The molecule has 0 saturated heterocycles. The molecule has 0 heterocycles. The molecule has 0 amide bonds. The highest BCUT2D eigenvalue weighted by Crippen LogP contribution is 2.35. The van der Waals surface area contributed by atoms with Gasteiger partial charge in [0.15, 0.2) is 0 Å². The summed E-state index contributed by atoms with van der Waals surface area (Å²) in [7, 11) is 3.52. The summed E-state index contributed by atoms with van der Waals surface area (Å²) in [5, 5.41) is 1.18. The van der Waals surface area contributed by atoms with Crippen molar-refractivity contribution in [3.05, 3.63) is 22.2 Å². The molecule has 0 aliphatic heterocycles. The van der Waals surface area contributed by atoms with E-state index in [1.807, 2.05) is 11.9 Å². The number of methoxy groups -OCH3 is 1. The van der Waals surface area contributed by atoms with Crippen molar-refractivity contribution in [2.75, 3.05) is 32.1 Å². The second-order valence-electron chi connectivity index (χ2n) is 3.50. The van der Waals surface area contributed by atoms with Crippen LogP contribution in [0.15, 0.2) is 12.1 Å². The quantitative estimate of drug-likeness (QED) is 0.887. The standard InChI is InChI=1S/C11H16Cl2N2O/c1-15(5-3-4-14)10-6-9(13)11(16-2)7-8(10)12/h6-7H,3-5,14H2,1-2H3. The Bertz CT molecular complexity index is 358. The Morgan fingerprint density at radius 2 is 2.00 bits per heavy atom. The summed E-state index contributed by atoms with van der Waals surface area (Å²) in [6.07, 6.45) is 0.913. The summed E-state index contributed by atoms with van der Waals surface area (Å²) in [5.41, 5.74) is 6.35. The van der Waals surface area contributed by atoms with Crippen LogP contribution in [0.25, 0.3) is 0 Å². The van der Waals surface area contributed by atoms with Crippen LogP contribution in [-0.4, -0.2) is 27.2 Å². The molecule has 1 rings (SSSR count). The van der Waals surface area contributed by atoms with Gasteiger partial charge in [0.05, 0.1) is 22.8 Å². The Morgan fingerprint density at radius 3 is 2.56 bits per heavy atom. The minimum atomic E-state index is 0.557. The van der Waals surface area contributed by atoms with Gasteiger partial charge < -0.3 is 15.4 Å². The first-order valence-electron chi connectivity index (χ1n) is 5.04. The average molecular weight is 263 g/mol. The van der Waals surface area contributed by atoms with E-state index < -0.39 is 0 Å². The number of nitrogens with zero attached hydrogens (tertiary/aromatic N) is 1. The topological polar surface area (TPSA) is 38.5 Å². The van der Waals surface area contributed by atoms with Crippen LogP contribution in [0.3, 0.4) is 0 Å². The molecule has 5 heteroatoms. The molecule has 0 atom stereocenters. The van der Waals surface area contributed by atoms with E-state index in [1.165, 1.54) is 0 Å². The van der Waals surface area contributed by atoms with E-state index in [9.17, 15) is 0 Å². The van der Waals surface area contributed by atoms with Gasteiger partial charge in [-0.1, -0.05) is 23.2 Å². The zero-order valence-corrected chi connectivity index (χ0v) is 11.0. The minimum absolute atomic E-state index is 0.557. The fourth-order valence-electron chi connectivity index (χ4n) is 1.42.